The average Bonchev–Trinajstić information content (AvgIpc) is 2.87. The van der Waals surface area contributed by atoms with Crippen LogP contribution in [0.4, 0.5) is 0 Å². The highest BCUT2D eigenvalue weighted by Crippen LogP contribution is 2.49. The van der Waals surface area contributed by atoms with Crippen LogP contribution in [0, 0.1) is 0 Å². The summed E-state index contributed by atoms with van der Waals surface area (Å²) in [5, 5.41) is 39.6. The van der Waals surface area contributed by atoms with Crippen LogP contribution in [0.15, 0.2) is 48.5 Å². The monoisotopic (exact) mass is 526 g/mol. The number of aromatic hydroxyl groups is 2. The lowest BCUT2D eigenvalue weighted by Crippen LogP contribution is -1.93. The van der Waals surface area contributed by atoms with Crippen LogP contribution in [0.2, 0.25) is 0 Å². The predicted molar refractivity (Wildman–Crippen MR) is 143 cm³/mol. The van der Waals surface area contributed by atoms with E-state index in [0.29, 0.717) is 55.7 Å². The van der Waals surface area contributed by atoms with Crippen molar-refractivity contribution < 1.29 is 49.0 Å². The SMILES string of the molecule is CC(=O)O.CC(=O)O.COc1ccc(OC)c2c(O)c(-c3ccc4c(OC)ccc(OC)c4c3O)ccc12. The molecule has 0 saturated carbocycles. The first kappa shape index (κ1) is 29.4. The van der Waals surface area contributed by atoms with E-state index < -0.39 is 11.9 Å². The van der Waals surface area contributed by atoms with Gasteiger partial charge in [-0.1, -0.05) is 0 Å². The molecule has 10 heteroatoms. The van der Waals surface area contributed by atoms with Crippen molar-refractivity contribution in [2.24, 2.45) is 0 Å². The summed E-state index contributed by atoms with van der Waals surface area (Å²) in [7, 11) is 6.22. The number of phenols is 2. The third-order valence-electron chi connectivity index (χ3n) is 5.32. The Hall–Kier alpha value is -4.86. The molecule has 4 N–H and O–H groups in total. The van der Waals surface area contributed by atoms with Crippen molar-refractivity contribution in [3.63, 3.8) is 0 Å². The molecule has 0 bridgehead atoms. The second-order valence-corrected chi connectivity index (χ2v) is 7.75. The van der Waals surface area contributed by atoms with Crippen molar-refractivity contribution in [3.05, 3.63) is 48.5 Å². The van der Waals surface area contributed by atoms with Crippen molar-refractivity contribution in [1.82, 2.24) is 0 Å². The normalized spacial score (nSPS) is 9.95. The van der Waals surface area contributed by atoms with Gasteiger partial charge in [0.2, 0.25) is 0 Å². The number of fused-ring (bicyclic) bond motifs is 2. The minimum atomic E-state index is -0.833. The summed E-state index contributed by atoms with van der Waals surface area (Å²) >= 11 is 0. The Balaban J connectivity index is 0.000000559. The maximum atomic E-state index is 11.2. The van der Waals surface area contributed by atoms with Crippen molar-refractivity contribution in [2.75, 3.05) is 28.4 Å². The van der Waals surface area contributed by atoms with Crippen LogP contribution in [0.3, 0.4) is 0 Å². The lowest BCUT2D eigenvalue weighted by molar-refractivity contribution is -0.135. The number of ether oxygens (including phenoxy) is 4. The van der Waals surface area contributed by atoms with Gasteiger partial charge in [0.25, 0.3) is 11.9 Å². The number of hydrogen-bond donors (Lipinski definition) is 4. The summed E-state index contributed by atoms with van der Waals surface area (Å²) in [4.78, 5) is 18.0. The number of phenolic OH excluding ortho intramolecular Hbond substituents is 2. The van der Waals surface area contributed by atoms with Crippen molar-refractivity contribution in [2.45, 2.75) is 13.8 Å². The molecule has 4 aromatic rings. The first-order chi connectivity index (χ1) is 18.0. The van der Waals surface area contributed by atoms with Gasteiger partial charge in [-0.25, -0.2) is 0 Å². The zero-order chi connectivity index (χ0) is 28.6. The van der Waals surface area contributed by atoms with Crippen LogP contribution < -0.4 is 18.9 Å². The molecule has 0 amide bonds. The van der Waals surface area contributed by atoms with Gasteiger partial charge in [-0.15, -0.1) is 0 Å². The lowest BCUT2D eigenvalue weighted by atomic mass is 9.95. The topological polar surface area (TPSA) is 152 Å². The Bertz CT molecular complexity index is 1340. The number of rotatable bonds is 5. The van der Waals surface area contributed by atoms with Crippen molar-refractivity contribution >= 4 is 33.5 Å². The summed E-state index contributed by atoms with van der Waals surface area (Å²) in [5.41, 5.74) is 0.914. The number of benzene rings is 4. The average molecular weight is 527 g/mol. The molecule has 0 atom stereocenters. The van der Waals surface area contributed by atoms with E-state index in [4.69, 9.17) is 38.7 Å². The summed E-state index contributed by atoms with van der Waals surface area (Å²) in [5.74, 6) is 0.539. The largest absolute Gasteiger partial charge is 0.507 e. The van der Waals surface area contributed by atoms with Gasteiger partial charge in [0.05, 0.1) is 39.2 Å². The molecule has 0 heterocycles. The van der Waals surface area contributed by atoms with Gasteiger partial charge in [0, 0.05) is 35.7 Å². The zero-order valence-electron chi connectivity index (χ0n) is 21.9. The Labute approximate surface area is 219 Å². The maximum Gasteiger partial charge on any atom is 0.300 e. The Kier molecular flexibility index (Phi) is 9.98. The summed E-state index contributed by atoms with van der Waals surface area (Å²) < 4.78 is 21.7. The molecular weight excluding hydrogens is 496 g/mol. The van der Waals surface area contributed by atoms with E-state index in [1.165, 1.54) is 14.2 Å². The minimum Gasteiger partial charge on any atom is -0.507 e. The molecule has 0 fully saturated rings. The second-order valence-electron chi connectivity index (χ2n) is 7.75. The Morgan fingerprint density at radius 2 is 0.789 bits per heavy atom. The fourth-order valence-electron chi connectivity index (χ4n) is 3.87. The van der Waals surface area contributed by atoms with Gasteiger partial charge in [0.15, 0.2) is 0 Å². The second kappa shape index (κ2) is 12.9. The fourth-order valence-corrected chi connectivity index (χ4v) is 3.87. The summed E-state index contributed by atoms with van der Waals surface area (Å²) in [6.07, 6.45) is 0. The molecule has 38 heavy (non-hydrogen) atoms. The first-order valence-corrected chi connectivity index (χ1v) is 11.1. The number of methoxy groups -OCH3 is 4. The molecule has 0 radical (unpaired) electrons. The molecule has 4 rings (SSSR count). The van der Waals surface area contributed by atoms with Crippen LogP contribution in [0.5, 0.6) is 34.5 Å². The van der Waals surface area contributed by atoms with Crippen LogP contribution in [-0.2, 0) is 9.59 Å². The molecule has 202 valence electrons. The standard InChI is InChI=1S/C24H22O6.2C2H4O2/c1-27-17-9-11-19(29-3)21-15(17)7-5-13(23(21)25)14-6-8-16-18(28-2)10-12-20(30-4)22(16)24(14)26;2*1-2(3)4/h5-12,25-26H,1-4H3;2*1H3,(H,3,4). The number of carbonyl (C=O) groups is 2. The Morgan fingerprint density at radius 3 is 1.05 bits per heavy atom. The van der Waals surface area contributed by atoms with Crippen LogP contribution in [0.25, 0.3) is 32.7 Å². The van der Waals surface area contributed by atoms with Crippen LogP contribution in [-0.4, -0.2) is 60.8 Å². The molecule has 0 unspecified atom stereocenters. The molecule has 0 aliphatic heterocycles. The van der Waals surface area contributed by atoms with Crippen LogP contribution >= 0.6 is 0 Å². The van der Waals surface area contributed by atoms with Gasteiger partial charge < -0.3 is 39.4 Å². The van der Waals surface area contributed by atoms with E-state index in [1.54, 1.807) is 50.6 Å². The minimum absolute atomic E-state index is 0.0141. The van der Waals surface area contributed by atoms with E-state index in [2.05, 4.69) is 0 Å². The predicted octanol–water partition coefficient (Wildman–Crippen LogP) is 5.29. The molecule has 0 saturated heterocycles. The van der Waals surface area contributed by atoms with Gasteiger partial charge in [-0.3, -0.25) is 9.59 Å². The molecule has 0 spiro atoms. The molecule has 10 nitrogen and oxygen atoms in total. The number of carboxylic acids is 2. The molecular formula is C28H30O10. The Morgan fingerprint density at radius 1 is 0.526 bits per heavy atom. The zero-order valence-corrected chi connectivity index (χ0v) is 21.9. The van der Waals surface area contributed by atoms with Crippen molar-refractivity contribution in [1.29, 1.82) is 0 Å². The summed E-state index contributed by atoms with van der Waals surface area (Å²) in [6, 6.07) is 14.2. The van der Waals surface area contributed by atoms with E-state index in [0.717, 1.165) is 13.8 Å². The van der Waals surface area contributed by atoms with Gasteiger partial charge in [-0.05, 0) is 48.5 Å². The van der Waals surface area contributed by atoms with Gasteiger partial charge in [0.1, 0.15) is 34.5 Å². The highest BCUT2D eigenvalue weighted by molar-refractivity contribution is 6.06. The smallest absolute Gasteiger partial charge is 0.300 e. The molecule has 0 aliphatic carbocycles. The highest BCUT2D eigenvalue weighted by Gasteiger charge is 2.20. The third-order valence-corrected chi connectivity index (χ3v) is 5.32. The maximum absolute atomic E-state index is 11.2. The lowest BCUT2D eigenvalue weighted by Gasteiger charge is -2.17. The van der Waals surface area contributed by atoms with Crippen molar-refractivity contribution in [3.8, 4) is 45.6 Å². The molecule has 0 aromatic heterocycles. The number of aliphatic carboxylic acids is 2. The van der Waals surface area contributed by atoms with E-state index >= 15 is 0 Å². The summed E-state index contributed by atoms with van der Waals surface area (Å²) in [6.45, 7) is 2.17. The van der Waals surface area contributed by atoms with Gasteiger partial charge in [-0.2, -0.15) is 0 Å². The van der Waals surface area contributed by atoms with E-state index in [9.17, 15) is 10.2 Å². The fraction of sp³-hybridized carbons (Fsp3) is 0.214. The number of carboxylic acid groups (broad SMARTS) is 2. The van der Waals surface area contributed by atoms with E-state index in [-0.39, 0.29) is 11.5 Å². The molecule has 0 aliphatic rings. The first-order valence-electron chi connectivity index (χ1n) is 11.1. The quantitative estimate of drug-likeness (QED) is 0.270. The number of hydrogen-bond acceptors (Lipinski definition) is 8. The van der Waals surface area contributed by atoms with Crippen LogP contribution in [0.1, 0.15) is 13.8 Å². The molecule has 4 aromatic carbocycles. The van der Waals surface area contributed by atoms with E-state index in [1.807, 2.05) is 12.1 Å². The highest BCUT2D eigenvalue weighted by atomic mass is 16.5. The third kappa shape index (κ3) is 6.28. The van der Waals surface area contributed by atoms with Gasteiger partial charge >= 0.3 is 0 Å².